The van der Waals surface area contributed by atoms with Crippen molar-refractivity contribution in [2.75, 3.05) is 31.1 Å². The van der Waals surface area contributed by atoms with Gasteiger partial charge in [-0.15, -0.1) is 0 Å². The Balaban J connectivity index is 1.48. The van der Waals surface area contributed by atoms with E-state index >= 15 is 0 Å². The van der Waals surface area contributed by atoms with Crippen LogP contribution in [0.1, 0.15) is 15.9 Å². The first-order chi connectivity index (χ1) is 12.5. The molecule has 0 atom stereocenters. The molecule has 0 aliphatic carbocycles. The first-order valence-corrected chi connectivity index (χ1v) is 9.20. The van der Waals surface area contributed by atoms with E-state index in [2.05, 4.69) is 11.0 Å². The van der Waals surface area contributed by atoms with Crippen LogP contribution in [-0.2, 0) is 0 Å². The minimum Gasteiger partial charge on any atom is -0.345 e. The third-order valence-corrected chi connectivity index (χ3v) is 5.69. The van der Waals surface area contributed by atoms with E-state index in [1.54, 1.807) is 16.2 Å². The van der Waals surface area contributed by atoms with Gasteiger partial charge in [-0.05, 0) is 30.7 Å². The van der Waals surface area contributed by atoms with Crippen molar-refractivity contribution in [3.8, 4) is 0 Å². The third kappa shape index (κ3) is 3.03. The van der Waals surface area contributed by atoms with Gasteiger partial charge in [-0.3, -0.25) is 4.79 Å². The standard InChI is InChI=1S/C19H17F2N3OS/c1-12-3-2-4-16-17(12)22-19(26-16)24-9-7-23(8-10-24)18(25)14-6-5-13(20)11-15(14)21/h2-6,11H,7-10H2,1H3. The summed E-state index contributed by atoms with van der Waals surface area (Å²) >= 11 is 1.64. The maximum atomic E-state index is 13.8. The summed E-state index contributed by atoms with van der Waals surface area (Å²) in [5.41, 5.74) is 2.07. The lowest BCUT2D eigenvalue weighted by Gasteiger charge is -2.34. The number of halogens is 2. The summed E-state index contributed by atoms with van der Waals surface area (Å²) < 4.78 is 28.0. The molecule has 3 aromatic rings. The predicted molar refractivity (Wildman–Crippen MR) is 98.8 cm³/mol. The summed E-state index contributed by atoms with van der Waals surface area (Å²) in [6.07, 6.45) is 0. The molecular formula is C19H17F2N3OS. The van der Waals surface area contributed by atoms with Crippen molar-refractivity contribution < 1.29 is 13.6 Å². The number of hydrogen-bond donors (Lipinski definition) is 0. The Kier molecular flexibility index (Phi) is 4.32. The molecule has 134 valence electrons. The quantitative estimate of drug-likeness (QED) is 0.685. The number of piperazine rings is 1. The van der Waals surface area contributed by atoms with Crippen LogP contribution in [0.5, 0.6) is 0 Å². The van der Waals surface area contributed by atoms with Crippen molar-refractivity contribution in [3.63, 3.8) is 0 Å². The van der Waals surface area contributed by atoms with E-state index < -0.39 is 17.5 Å². The van der Waals surface area contributed by atoms with E-state index in [4.69, 9.17) is 4.98 Å². The number of aromatic nitrogens is 1. The maximum Gasteiger partial charge on any atom is 0.256 e. The van der Waals surface area contributed by atoms with Crippen LogP contribution in [0.2, 0.25) is 0 Å². The molecular weight excluding hydrogens is 356 g/mol. The van der Waals surface area contributed by atoms with Gasteiger partial charge in [0.2, 0.25) is 0 Å². The zero-order valence-electron chi connectivity index (χ0n) is 14.2. The Hall–Kier alpha value is -2.54. The maximum absolute atomic E-state index is 13.8. The zero-order valence-corrected chi connectivity index (χ0v) is 15.0. The molecule has 2 aromatic carbocycles. The summed E-state index contributed by atoms with van der Waals surface area (Å²) in [6, 6.07) is 9.17. The molecule has 1 aliphatic heterocycles. The summed E-state index contributed by atoms with van der Waals surface area (Å²) in [5.74, 6) is -1.91. The number of carbonyl (C=O) groups is 1. The van der Waals surface area contributed by atoms with Crippen LogP contribution in [0.15, 0.2) is 36.4 Å². The molecule has 2 heterocycles. The lowest BCUT2D eigenvalue weighted by molar-refractivity contribution is 0.0742. The van der Waals surface area contributed by atoms with Crippen LogP contribution in [0.4, 0.5) is 13.9 Å². The molecule has 1 fully saturated rings. The Morgan fingerprint density at radius 1 is 1.12 bits per heavy atom. The molecule has 1 aliphatic rings. The fraction of sp³-hybridized carbons (Fsp3) is 0.263. The number of thiazole rings is 1. The van der Waals surface area contributed by atoms with Crippen LogP contribution in [0, 0.1) is 18.6 Å². The van der Waals surface area contributed by atoms with E-state index in [9.17, 15) is 13.6 Å². The van der Waals surface area contributed by atoms with Gasteiger partial charge in [0, 0.05) is 32.2 Å². The summed E-state index contributed by atoms with van der Waals surface area (Å²) in [5, 5.41) is 0.939. The molecule has 0 unspecified atom stereocenters. The van der Waals surface area contributed by atoms with Crippen molar-refractivity contribution in [2.45, 2.75) is 6.92 Å². The normalized spacial score (nSPS) is 14.9. The average Bonchev–Trinajstić information content (AvgIpc) is 3.07. The number of para-hydroxylation sites is 1. The Bertz CT molecular complexity index is 980. The van der Waals surface area contributed by atoms with Gasteiger partial charge < -0.3 is 9.80 Å². The van der Waals surface area contributed by atoms with Gasteiger partial charge in [0.25, 0.3) is 5.91 Å². The van der Waals surface area contributed by atoms with Crippen LogP contribution in [0.3, 0.4) is 0 Å². The van der Waals surface area contributed by atoms with Crippen molar-refractivity contribution in [1.29, 1.82) is 0 Å². The van der Waals surface area contributed by atoms with Crippen molar-refractivity contribution in [2.24, 2.45) is 0 Å². The average molecular weight is 373 g/mol. The molecule has 0 bridgehead atoms. The molecule has 4 rings (SSSR count). The molecule has 0 spiro atoms. The highest BCUT2D eigenvalue weighted by atomic mass is 32.1. The Morgan fingerprint density at radius 3 is 2.58 bits per heavy atom. The highest BCUT2D eigenvalue weighted by Crippen LogP contribution is 2.31. The highest BCUT2D eigenvalue weighted by molar-refractivity contribution is 7.22. The fourth-order valence-corrected chi connectivity index (χ4v) is 4.24. The smallest absolute Gasteiger partial charge is 0.256 e. The predicted octanol–water partition coefficient (Wildman–Crippen LogP) is 3.85. The van der Waals surface area contributed by atoms with Gasteiger partial charge in [0.05, 0.1) is 15.8 Å². The molecule has 0 N–H and O–H groups in total. The van der Waals surface area contributed by atoms with Crippen LogP contribution < -0.4 is 4.90 Å². The number of hydrogen-bond acceptors (Lipinski definition) is 4. The van der Waals surface area contributed by atoms with Crippen LogP contribution >= 0.6 is 11.3 Å². The van der Waals surface area contributed by atoms with Gasteiger partial charge in [-0.1, -0.05) is 23.5 Å². The topological polar surface area (TPSA) is 36.4 Å². The monoisotopic (exact) mass is 373 g/mol. The number of amides is 1. The number of fused-ring (bicyclic) bond motifs is 1. The van der Waals surface area contributed by atoms with Gasteiger partial charge in [0.1, 0.15) is 11.6 Å². The Labute approximate surface area is 153 Å². The summed E-state index contributed by atoms with van der Waals surface area (Å²) in [6.45, 7) is 4.26. The third-order valence-electron chi connectivity index (χ3n) is 4.61. The first-order valence-electron chi connectivity index (χ1n) is 8.38. The van der Waals surface area contributed by atoms with E-state index in [0.717, 1.165) is 33.0 Å². The first kappa shape index (κ1) is 16.9. The largest absolute Gasteiger partial charge is 0.345 e. The second-order valence-corrected chi connectivity index (χ2v) is 7.33. The van der Waals surface area contributed by atoms with Crippen molar-refractivity contribution in [3.05, 3.63) is 59.2 Å². The van der Waals surface area contributed by atoms with Crippen LogP contribution in [0.25, 0.3) is 10.2 Å². The van der Waals surface area contributed by atoms with E-state index in [0.29, 0.717) is 26.2 Å². The number of nitrogens with zero attached hydrogens (tertiary/aromatic N) is 3. The van der Waals surface area contributed by atoms with Gasteiger partial charge in [-0.25, -0.2) is 13.8 Å². The Morgan fingerprint density at radius 2 is 1.88 bits per heavy atom. The van der Waals surface area contributed by atoms with E-state index in [1.165, 1.54) is 6.07 Å². The van der Waals surface area contributed by atoms with Crippen LogP contribution in [-0.4, -0.2) is 42.0 Å². The van der Waals surface area contributed by atoms with E-state index in [-0.39, 0.29) is 5.56 Å². The second-order valence-electron chi connectivity index (χ2n) is 6.32. The SMILES string of the molecule is Cc1cccc2sc(N3CCN(C(=O)c4ccc(F)cc4F)CC3)nc12. The lowest BCUT2D eigenvalue weighted by atomic mass is 10.1. The number of aryl methyl sites for hydroxylation is 1. The summed E-state index contributed by atoms with van der Waals surface area (Å²) in [4.78, 5) is 21.0. The number of anilines is 1. The highest BCUT2D eigenvalue weighted by Gasteiger charge is 2.25. The lowest BCUT2D eigenvalue weighted by Crippen LogP contribution is -2.49. The molecule has 7 heteroatoms. The molecule has 1 saturated heterocycles. The fourth-order valence-electron chi connectivity index (χ4n) is 3.14. The van der Waals surface area contributed by atoms with Crippen molar-refractivity contribution in [1.82, 2.24) is 9.88 Å². The number of benzene rings is 2. The minimum absolute atomic E-state index is 0.0875. The zero-order chi connectivity index (χ0) is 18.3. The van der Waals surface area contributed by atoms with Gasteiger partial charge in [-0.2, -0.15) is 0 Å². The molecule has 4 nitrogen and oxygen atoms in total. The second kappa shape index (κ2) is 6.64. The molecule has 0 radical (unpaired) electrons. The summed E-state index contributed by atoms with van der Waals surface area (Å²) in [7, 11) is 0. The minimum atomic E-state index is -0.820. The molecule has 1 amide bonds. The van der Waals surface area contributed by atoms with Gasteiger partial charge in [0.15, 0.2) is 5.13 Å². The van der Waals surface area contributed by atoms with Gasteiger partial charge >= 0.3 is 0 Å². The number of rotatable bonds is 2. The van der Waals surface area contributed by atoms with E-state index in [1.807, 2.05) is 19.1 Å². The molecule has 0 saturated carbocycles. The van der Waals surface area contributed by atoms with Crippen molar-refractivity contribution >= 4 is 32.6 Å². The number of carbonyl (C=O) groups excluding carboxylic acids is 1. The molecule has 26 heavy (non-hydrogen) atoms. The molecule has 1 aromatic heterocycles.